The van der Waals surface area contributed by atoms with E-state index in [1.807, 2.05) is 6.92 Å². The highest BCUT2D eigenvalue weighted by Crippen LogP contribution is 2.31. The van der Waals surface area contributed by atoms with E-state index >= 15 is 0 Å². The minimum absolute atomic E-state index is 0.107. The van der Waals surface area contributed by atoms with Crippen LogP contribution in [0.15, 0.2) is 22.6 Å². The number of carbonyl (C=O) groups is 2. The van der Waals surface area contributed by atoms with Crippen LogP contribution in [-0.4, -0.2) is 46.0 Å². The van der Waals surface area contributed by atoms with Crippen molar-refractivity contribution in [3.05, 3.63) is 23.8 Å². The van der Waals surface area contributed by atoms with Gasteiger partial charge in [0, 0.05) is 13.6 Å². The Morgan fingerprint density at radius 2 is 2.00 bits per heavy atom. The SMILES string of the molecule is CCCCCN(C(=O)NC)C(=O)C(C)c1ccc(OC)c(N=S(=O)=O)c1. The zero-order valence-electron chi connectivity index (χ0n) is 15.5. The fourth-order valence-electron chi connectivity index (χ4n) is 2.47. The minimum Gasteiger partial charge on any atom is -0.494 e. The van der Waals surface area contributed by atoms with Crippen molar-refractivity contribution in [3.8, 4) is 5.75 Å². The standard InChI is InChI=1S/C17H25N3O5S/c1-5-6-7-10-20(17(22)18-3)16(21)12(2)13-8-9-15(25-4)14(11-13)19-26(23)24/h8-9,11-12H,5-7,10H2,1-4H3,(H,18,22). The summed E-state index contributed by atoms with van der Waals surface area (Å²) in [6.07, 6.45) is 2.61. The van der Waals surface area contributed by atoms with Crippen molar-refractivity contribution in [2.45, 2.75) is 39.0 Å². The van der Waals surface area contributed by atoms with Crippen LogP contribution >= 0.6 is 0 Å². The Morgan fingerprint density at radius 1 is 1.31 bits per heavy atom. The molecule has 0 aliphatic heterocycles. The number of benzene rings is 1. The molecule has 0 aliphatic rings. The number of ether oxygens (including phenoxy) is 1. The van der Waals surface area contributed by atoms with Gasteiger partial charge in [-0.15, -0.1) is 4.36 Å². The first kappa shape index (κ1) is 21.6. The van der Waals surface area contributed by atoms with Gasteiger partial charge in [0.2, 0.25) is 5.91 Å². The third kappa shape index (κ3) is 5.83. The van der Waals surface area contributed by atoms with Crippen LogP contribution in [0.4, 0.5) is 10.5 Å². The number of nitrogens with zero attached hydrogens (tertiary/aromatic N) is 2. The molecule has 9 heteroatoms. The molecule has 1 aromatic rings. The molecule has 0 bridgehead atoms. The van der Waals surface area contributed by atoms with Gasteiger partial charge in [-0.3, -0.25) is 9.69 Å². The van der Waals surface area contributed by atoms with Crippen LogP contribution < -0.4 is 10.1 Å². The third-order valence-corrected chi connectivity index (χ3v) is 4.30. The number of imide groups is 1. The molecule has 1 N–H and O–H groups in total. The van der Waals surface area contributed by atoms with Crippen molar-refractivity contribution in [2.24, 2.45) is 4.36 Å². The molecule has 1 unspecified atom stereocenters. The van der Waals surface area contributed by atoms with E-state index in [1.54, 1.807) is 19.1 Å². The van der Waals surface area contributed by atoms with Gasteiger partial charge in [-0.2, -0.15) is 8.42 Å². The maximum absolute atomic E-state index is 12.8. The molecule has 0 saturated heterocycles. The summed E-state index contributed by atoms with van der Waals surface area (Å²) in [6, 6.07) is 4.22. The van der Waals surface area contributed by atoms with Crippen molar-refractivity contribution in [1.29, 1.82) is 0 Å². The predicted octanol–water partition coefficient (Wildman–Crippen LogP) is 2.85. The maximum atomic E-state index is 12.8. The van der Waals surface area contributed by atoms with Crippen molar-refractivity contribution in [1.82, 2.24) is 10.2 Å². The summed E-state index contributed by atoms with van der Waals surface area (Å²) in [5, 5.41) is 2.48. The average Bonchev–Trinajstić information content (AvgIpc) is 2.63. The van der Waals surface area contributed by atoms with Crippen LogP contribution in [0.3, 0.4) is 0 Å². The first-order valence-electron chi connectivity index (χ1n) is 8.37. The number of hydrogen-bond donors (Lipinski definition) is 1. The molecule has 0 aliphatic carbocycles. The van der Waals surface area contributed by atoms with Gasteiger partial charge >= 0.3 is 16.5 Å². The van der Waals surface area contributed by atoms with Crippen molar-refractivity contribution in [3.63, 3.8) is 0 Å². The Bertz CT molecular complexity index is 769. The lowest BCUT2D eigenvalue weighted by molar-refractivity contribution is -0.129. The summed E-state index contributed by atoms with van der Waals surface area (Å²) in [5.41, 5.74) is 0.653. The van der Waals surface area contributed by atoms with Crippen molar-refractivity contribution in [2.75, 3.05) is 20.7 Å². The van der Waals surface area contributed by atoms with E-state index < -0.39 is 22.4 Å². The molecule has 0 aromatic heterocycles. The second-order valence-corrected chi connectivity index (χ2v) is 6.33. The molecule has 0 radical (unpaired) electrons. The summed E-state index contributed by atoms with van der Waals surface area (Å²) < 4.78 is 30.3. The van der Waals surface area contributed by atoms with Gasteiger partial charge in [0.15, 0.2) is 0 Å². The fraction of sp³-hybridized carbons (Fsp3) is 0.529. The first-order chi connectivity index (χ1) is 12.3. The Labute approximate surface area is 155 Å². The van der Waals surface area contributed by atoms with E-state index in [4.69, 9.17) is 4.74 Å². The second kappa shape index (κ2) is 10.5. The summed E-state index contributed by atoms with van der Waals surface area (Å²) in [4.78, 5) is 26.1. The number of nitrogens with one attached hydrogen (secondary N) is 1. The first-order valence-corrected chi connectivity index (χ1v) is 9.41. The molecule has 8 nitrogen and oxygen atoms in total. The fourth-order valence-corrected chi connectivity index (χ4v) is 2.77. The Balaban J connectivity index is 3.14. The van der Waals surface area contributed by atoms with Crippen LogP contribution in [0.5, 0.6) is 5.75 Å². The van der Waals surface area contributed by atoms with E-state index in [2.05, 4.69) is 9.68 Å². The van der Waals surface area contributed by atoms with Crippen LogP contribution in [0.1, 0.15) is 44.6 Å². The van der Waals surface area contributed by atoms with Gasteiger partial charge in [0.05, 0.1) is 13.0 Å². The number of methoxy groups -OCH3 is 1. The monoisotopic (exact) mass is 383 g/mol. The molecule has 0 spiro atoms. The number of urea groups is 1. The molecular formula is C17H25N3O5S. The van der Waals surface area contributed by atoms with E-state index in [1.165, 1.54) is 25.1 Å². The lowest BCUT2D eigenvalue weighted by atomic mass is 9.98. The van der Waals surface area contributed by atoms with E-state index in [0.29, 0.717) is 12.1 Å². The van der Waals surface area contributed by atoms with Gasteiger partial charge in [0.1, 0.15) is 11.4 Å². The molecule has 0 saturated carbocycles. The largest absolute Gasteiger partial charge is 0.494 e. The van der Waals surface area contributed by atoms with E-state index in [9.17, 15) is 18.0 Å². The number of rotatable bonds is 8. The Kier molecular flexibility index (Phi) is 8.77. The molecule has 26 heavy (non-hydrogen) atoms. The quantitative estimate of drug-likeness (QED) is 0.695. The molecular weight excluding hydrogens is 358 g/mol. The molecule has 1 atom stereocenters. The van der Waals surface area contributed by atoms with Crippen LogP contribution in [-0.2, 0) is 15.3 Å². The van der Waals surface area contributed by atoms with Gasteiger partial charge in [-0.25, -0.2) is 4.79 Å². The molecule has 3 amide bonds. The molecule has 1 aromatic carbocycles. The highest BCUT2D eigenvalue weighted by Gasteiger charge is 2.26. The molecule has 144 valence electrons. The number of carbonyl (C=O) groups excluding carboxylic acids is 2. The van der Waals surface area contributed by atoms with Gasteiger partial charge < -0.3 is 10.1 Å². The normalized spacial score (nSPS) is 11.4. The average molecular weight is 383 g/mol. The summed E-state index contributed by atoms with van der Waals surface area (Å²) in [5.74, 6) is -0.725. The lowest BCUT2D eigenvalue weighted by Gasteiger charge is -2.24. The van der Waals surface area contributed by atoms with Gasteiger partial charge in [-0.05, 0) is 31.0 Å². The number of hydrogen-bond acceptors (Lipinski definition) is 6. The summed E-state index contributed by atoms with van der Waals surface area (Å²) in [7, 11) is 0.225. The van der Waals surface area contributed by atoms with Crippen LogP contribution in [0.2, 0.25) is 0 Å². The zero-order valence-corrected chi connectivity index (χ0v) is 16.3. The van der Waals surface area contributed by atoms with Crippen LogP contribution in [0.25, 0.3) is 0 Å². The minimum atomic E-state index is -2.65. The highest BCUT2D eigenvalue weighted by atomic mass is 32.2. The Morgan fingerprint density at radius 3 is 2.54 bits per heavy atom. The highest BCUT2D eigenvalue weighted by molar-refractivity contribution is 7.61. The lowest BCUT2D eigenvalue weighted by Crippen LogP contribution is -2.44. The molecule has 0 fully saturated rings. The van der Waals surface area contributed by atoms with Crippen molar-refractivity contribution < 1.29 is 22.7 Å². The third-order valence-electron chi connectivity index (χ3n) is 3.96. The van der Waals surface area contributed by atoms with Crippen LogP contribution in [0, 0.1) is 0 Å². The summed E-state index contributed by atoms with van der Waals surface area (Å²) in [6.45, 7) is 4.03. The smallest absolute Gasteiger partial charge is 0.323 e. The number of unbranched alkanes of at least 4 members (excludes halogenated alkanes) is 2. The zero-order chi connectivity index (χ0) is 19.7. The van der Waals surface area contributed by atoms with Gasteiger partial charge in [-0.1, -0.05) is 25.8 Å². The molecule has 1 rings (SSSR count). The predicted molar refractivity (Wildman–Crippen MR) is 98.1 cm³/mol. The van der Waals surface area contributed by atoms with Crippen molar-refractivity contribution >= 4 is 28.1 Å². The topological polar surface area (TPSA) is 105 Å². The molecule has 0 heterocycles. The number of amides is 3. The summed E-state index contributed by atoms with van der Waals surface area (Å²) >= 11 is 0. The van der Waals surface area contributed by atoms with E-state index in [-0.39, 0.29) is 17.3 Å². The van der Waals surface area contributed by atoms with Gasteiger partial charge in [0.25, 0.3) is 0 Å². The van der Waals surface area contributed by atoms with E-state index in [0.717, 1.165) is 19.3 Å². The second-order valence-electron chi connectivity index (χ2n) is 5.71. The maximum Gasteiger partial charge on any atom is 0.323 e. The Hall–Kier alpha value is -2.42.